The van der Waals surface area contributed by atoms with Crippen molar-refractivity contribution >= 4 is 56.0 Å². The third-order valence-corrected chi connectivity index (χ3v) is 8.92. The minimum absolute atomic E-state index is 0.178. The third kappa shape index (κ3) is 6.75. The number of carbonyl (C=O) groups is 2. The zero-order valence-corrected chi connectivity index (χ0v) is 23.2. The molecule has 0 aliphatic carbocycles. The summed E-state index contributed by atoms with van der Waals surface area (Å²) in [6, 6.07) is 12.7. The number of thiophene rings is 1. The van der Waals surface area contributed by atoms with Crippen LogP contribution in [-0.2, 0) is 21.3 Å². The van der Waals surface area contributed by atoms with Crippen LogP contribution in [0.5, 0.6) is 5.75 Å². The van der Waals surface area contributed by atoms with Crippen molar-refractivity contribution in [1.29, 1.82) is 0 Å². The summed E-state index contributed by atoms with van der Waals surface area (Å²) >= 11 is 0.669. The summed E-state index contributed by atoms with van der Waals surface area (Å²) < 4.78 is 22.6. The van der Waals surface area contributed by atoms with Crippen LogP contribution in [0.4, 0.5) is 15.5 Å². The predicted molar refractivity (Wildman–Crippen MR) is 151 cm³/mol. The number of urea groups is 1. The molecule has 1 aromatic heterocycles. The molecule has 0 spiro atoms. The van der Waals surface area contributed by atoms with E-state index in [4.69, 9.17) is 9.47 Å². The molecule has 0 unspecified atom stereocenters. The van der Waals surface area contributed by atoms with Gasteiger partial charge in [-0.25, -0.2) is 9.59 Å². The maximum atomic E-state index is 13.0. The Kier molecular flexibility index (Phi) is 8.63. The van der Waals surface area contributed by atoms with Gasteiger partial charge in [-0.05, 0) is 23.6 Å². The summed E-state index contributed by atoms with van der Waals surface area (Å²) in [5.41, 5.74) is 0.787. The Morgan fingerprint density at radius 2 is 1.78 bits per heavy atom. The number of nitrogens with zero attached hydrogens (tertiary/aromatic N) is 1. The Morgan fingerprint density at radius 3 is 2.46 bits per heavy atom. The van der Waals surface area contributed by atoms with E-state index < -0.39 is 23.2 Å². The van der Waals surface area contributed by atoms with Crippen molar-refractivity contribution in [1.82, 2.24) is 4.90 Å². The van der Waals surface area contributed by atoms with Crippen molar-refractivity contribution < 1.29 is 23.6 Å². The number of anilines is 2. The minimum Gasteiger partial charge on any atom is -0.616 e. The first-order chi connectivity index (χ1) is 17.7. The molecule has 198 valence electrons. The number of hydrogen-bond donors (Lipinski definition) is 2. The lowest BCUT2D eigenvalue weighted by Crippen LogP contribution is -2.42. The van der Waals surface area contributed by atoms with Crippen LogP contribution in [0.15, 0.2) is 42.5 Å². The largest absolute Gasteiger partial charge is 0.616 e. The lowest BCUT2D eigenvalue weighted by Gasteiger charge is -2.27. The van der Waals surface area contributed by atoms with E-state index in [2.05, 4.69) is 15.5 Å². The first kappa shape index (κ1) is 27.3. The maximum absolute atomic E-state index is 13.0. The standard InChI is InChI=1S/C27H33N3O5S2/c1-27(2,3)23-17-20(25(31)34-4)24(36-23)29-26(32)28-21-9-10-22(19-8-6-5-7-18(19)21)35-14-11-30-12-15-37(33)16-13-30/h5-10,17H,11-16H2,1-4H3,(H2,28,29,32). The molecule has 0 atom stereocenters. The molecule has 2 amide bonds. The van der Waals surface area contributed by atoms with Gasteiger partial charge in [0.1, 0.15) is 28.9 Å². The summed E-state index contributed by atoms with van der Waals surface area (Å²) in [6.07, 6.45) is 0. The highest BCUT2D eigenvalue weighted by Gasteiger charge is 2.25. The van der Waals surface area contributed by atoms with Gasteiger partial charge < -0.3 is 19.3 Å². The fraction of sp³-hybridized carbons (Fsp3) is 0.407. The molecule has 1 fully saturated rings. The summed E-state index contributed by atoms with van der Waals surface area (Å²) in [4.78, 5) is 28.5. The predicted octanol–water partition coefficient (Wildman–Crippen LogP) is 5.07. The highest BCUT2D eigenvalue weighted by Crippen LogP contribution is 2.37. The van der Waals surface area contributed by atoms with E-state index in [0.29, 0.717) is 22.9 Å². The lowest BCUT2D eigenvalue weighted by atomic mass is 9.94. The van der Waals surface area contributed by atoms with Crippen LogP contribution in [0.2, 0.25) is 0 Å². The first-order valence-corrected chi connectivity index (χ1v) is 14.5. The first-order valence-electron chi connectivity index (χ1n) is 12.2. The van der Waals surface area contributed by atoms with Gasteiger partial charge in [-0.15, -0.1) is 11.3 Å². The topological polar surface area (TPSA) is 103 Å². The van der Waals surface area contributed by atoms with Gasteiger partial charge in [0.05, 0.1) is 18.4 Å². The van der Waals surface area contributed by atoms with E-state index in [-0.39, 0.29) is 5.41 Å². The fourth-order valence-electron chi connectivity index (χ4n) is 4.06. The molecule has 0 saturated carbocycles. The summed E-state index contributed by atoms with van der Waals surface area (Å²) in [7, 11) is 1.32. The average molecular weight is 544 g/mol. The Balaban J connectivity index is 1.47. The van der Waals surface area contributed by atoms with Crippen LogP contribution in [0, 0.1) is 0 Å². The summed E-state index contributed by atoms with van der Waals surface area (Å²) in [5, 5.41) is 7.93. The van der Waals surface area contributed by atoms with E-state index in [1.165, 1.54) is 18.4 Å². The Bertz CT molecular complexity index is 1260. The van der Waals surface area contributed by atoms with E-state index in [1.54, 1.807) is 6.07 Å². The second kappa shape index (κ2) is 11.7. The number of carbonyl (C=O) groups excluding carboxylic acids is 2. The quantitative estimate of drug-likeness (QED) is 0.319. The Hall–Kier alpha value is -2.79. The molecule has 0 bridgehead atoms. The monoisotopic (exact) mass is 543 g/mol. The number of methoxy groups -OCH3 is 1. The highest BCUT2D eigenvalue weighted by atomic mass is 32.2. The van der Waals surface area contributed by atoms with Crippen LogP contribution < -0.4 is 15.4 Å². The molecule has 2 N–H and O–H groups in total. The van der Waals surface area contributed by atoms with Crippen LogP contribution in [0.1, 0.15) is 36.0 Å². The molecule has 3 aromatic rings. The molecular formula is C27H33N3O5S2. The molecule has 1 aliphatic rings. The van der Waals surface area contributed by atoms with Gasteiger partial charge in [0, 0.05) is 35.3 Å². The van der Waals surface area contributed by atoms with Crippen molar-refractivity contribution in [3.63, 3.8) is 0 Å². The summed E-state index contributed by atoms with van der Waals surface area (Å²) in [5.74, 6) is 1.68. The molecule has 4 rings (SSSR count). The number of ether oxygens (including phenoxy) is 2. The molecule has 37 heavy (non-hydrogen) atoms. The summed E-state index contributed by atoms with van der Waals surface area (Å²) in [6.45, 7) is 9.10. The number of hydrogen-bond acceptors (Lipinski definition) is 7. The number of esters is 1. The van der Waals surface area contributed by atoms with E-state index in [1.807, 2.05) is 57.2 Å². The van der Waals surface area contributed by atoms with Crippen LogP contribution in [0.25, 0.3) is 10.8 Å². The average Bonchev–Trinajstić information content (AvgIpc) is 3.30. The van der Waals surface area contributed by atoms with Gasteiger partial charge in [0.15, 0.2) is 0 Å². The van der Waals surface area contributed by atoms with Crippen LogP contribution >= 0.6 is 11.3 Å². The maximum Gasteiger partial charge on any atom is 0.340 e. The molecule has 0 radical (unpaired) electrons. The van der Waals surface area contributed by atoms with Gasteiger partial charge >= 0.3 is 12.0 Å². The smallest absolute Gasteiger partial charge is 0.340 e. The molecule has 1 aliphatic heterocycles. The van der Waals surface area contributed by atoms with E-state index in [0.717, 1.165) is 52.5 Å². The van der Waals surface area contributed by atoms with Gasteiger partial charge in [0.25, 0.3) is 0 Å². The van der Waals surface area contributed by atoms with E-state index in [9.17, 15) is 14.1 Å². The highest BCUT2D eigenvalue weighted by molar-refractivity contribution is 7.91. The zero-order chi connectivity index (χ0) is 26.6. The second-order valence-corrected chi connectivity index (χ2v) is 12.6. The fourth-order valence-corrected chi connectivity index (χ4v) is 6.29. The van der Waals surface area contributed by atoms with Gasteiger partial charge in [-0.2, -0.15) is 0 Å². The molecule has 1 saturated heterocycles. The second-order valence-electron chi connectivity index (χ2n) is 9.87. The van der Waals surface area contributed by atoms with Crippen LogP contribution in [0.3, 0.4) is 0 Å². The third-order valence-electron chi connectivity index (χ3n) is 6.17. The molecular weight excluding hydrogens is 510 g/mol. The Morgan fingerprint density at radius 1 is 1.08 bits per heavy atom. The SMILES string of the molecule is COC(=O)c1cc(C(C)(C)C)sc1NC(=O)Nc1ccc(OCCN2CC[S+]([O-])CC2)c2ccccc12. The van der Waals surface area contributed by atoms with Crippen molar-refractivity contribution in [2.45, 2.75) is 26.2 Å². The van der Waals surface area contributed by atoms with E-state index >= 15 is 0 Å². The minimum atomic E-state index is -0.694. The number of benzene rings is 2. The number of nitrogens with one attached hydrogen (secondary N) is 2. The van der Waals surface area contributed by atoms with Crippen molar-refractivity contribution in [2.24, 2.45) is 0 Å². The molecule has 8 nitrogen and oxygen atoms in total. The van der Waals surface area contributed by atoms with Crippen LogP contribution in [-0.4, -0.2) is 66.3 Å². The lowest BCUT2D eigenvalue weighted by molar-refractivity contribution is 0.0602. The van der Waals surface area contributed by atoms with Gasteiger partial charge in [0.2, 0.25) is 0 Å². The molecule has 2 aromatic carbocycles. The van der Waals surface area contributed by atoms with Gasteiger partial charge in [-0.1, -0.05) is 56.2 Å². The normalized spacial score (nSPS) is 14.9. The van der Waals surface area contributed by atoms with Crippen molar-refractivity contribution in [3.8, 4) is 5.75 Å². The number of rotatable bonds is 7. The zero-order valence-electron chi connectivity index (χ0n) is 21.6. The Labute approximate surface area is 224 Å². The molecule has 2 heterocycles. The number of fused-ring (bicyclic) bond motifs is 1. The molecule has 10 heteroatoms. The van der Waals surface area contributed by atoms with Gasteiger partial charge in [-0.3, -0.25) is 10.2 Å². The van der Waals surface area contributed by atoms with Crippen molar-refractivity contribution in [3.05, 3.63) is 52.9 Å². The number of amides is 2. The van der Waals surface area contributed by atoms with Crippen molar-refractivity contribution in [2.75, 3.05) is 55.5 Å².